The van der Waals surface area contributed by atoms with Crippen molar-refractivity contribution in [3.63, 3.8) is 0 Å². The third-order valence-corrected chi connectivity index (χ3v) is 9.28. The van der Waals surface area contributed by atoms with Crippen LogP contribution in [-0.2, 0) is 6.54 Å². The van der Waals surface area contributed by atoms with Crippen molar-refractivity contribution < 1.29 is 0 Å². The number of nitrogens with zero attached hydrogens (tertiary/aromatic N) is 2. The molecule has 1 heterocycles. The number of aromatic nitrogens is 1. The summed E-state index contributed by atoms with van der Waals surface area (Å²) in [5.74, 6) is 3.02. The maximum Gasteiger partial charge on any atom is 0.0543 e. The average molecular weight is 627 g/mol. The van der Waals surface area contributed by atoms with E-state index in [0.717, 1.165) is 51.3 Å². The number of nitrogens with one attached hydrogen (secondary N) is 2. The molecular weight excluding hydrogens is 560 g/mol. The lowest BCUT2D eigenvalue weighted by Crippen LogP contribution is -2.29. The van der Waals surface area contributed by atoms with Crippen LogP contribution in [0, 0.1) is 0 Å². The summed E-state index contributed by atoms with van der Waals surface area (Å²) in [6.07, 6.45) is 4.10. The Morgan fingerprint density at radius 1 is 0.543 bits per heavy atom. The Balaban J connectivity index is 1.70. The summed E-state index contributed by atoms with van der Waals surface area (Å²) in [6, 6.07) is 16.0. The SMILES string of the molecule is CC(C)c1cc(C(C)C)c(NCCCN(CCCNc2c(C(C)C)cc(C(C)C)cc2C(C)C)Cc2ccccn2)c(C(C)C)c1. The summed E-state index contributed by atoms with van der Waals surface area (Å²) in [5, 5.41) is 7.82. The highest BCUT2D eigenvalue weighted by Crippen LogP contribution is 2.37. The van der Waals surface area contributed by atoms with E-state index < -0.39 is 0 Å². The molecule has 4 heteroatoms. The minimum absolute atomic E-state index is 0.487. The Hall–Kier alpha value is -2.85. The zero-order chi connectivity index (χ0) is 34.0. The van der Waals surface area contributed by atoms with Gasteiger partial charge in [-0.1, -0.05) is 113 Å². The lowest BCUT2D eigenvalue weighted by atomic mass is 9.87. The van der Waals surface area contributed by atoms with Crippen molar-refractivity contribution in [3.8, 4) is 0 Å². The fourth-order valence-electron chi connectivity index (χ4n) is 6.34. The van der Waals surface area contributed by atoms with Gasteiger partial charge in [0.05, 0.1) is 5.69 Å². The van der Waals surface area contributed by atoms with Gasteiger partial charge in [-0.05, 0) is 93.9 Å². The monoisotopic (exact) mass is 627 g/mol. The molecule has 0 aliphatic carbocycles. The highest BCUT2D eigenvalue weighted by Gasteiger charge is 2.19. The van der Waals surface area contributed by atoms with Gasteiger partial charge in [-0.15, -0.1) is 0 Å². The minimum Gasteiger partial charge on any atom is -0.385 e. The van der Waals surface area contributed by atoms with Gasteiger partial charge in [-0.3, -0.25) is 9.88 Å². The molecular formula is C42H66N4. The van der Waals surface area contributed by atoms with Gasteiger partial charge in [-0.25, -0.2) is 0 Å². The van der Waals surface area contributed by atoms with Crippen LogP contribution in [0.1, 0.15) is 171 Å². The van der Waals surface area contributed by atoms with E-state index >= 15 is 0 Å². The molecule has 0 atom stereocenters. The highest BCUT2D eigenvalue weighted by atomic mass is 15.1. The van der Waals surface area contributed by atoms with E-state index in [-0.39, 0.29) is 0 Å². The molecule has 2 aromatic carbocycles. The maximum atomic E-state index is 4.67. The van der Waals surface area contributed by atoms with Crippen LogP contribution in [0.15, 0.2) is 48.7 Å². The number of hydrogen-bond acceptors (Lipinski definition) is 4. The molecule has 0 radical (unpaired) electrons. The normalized spacial score (nSPS) is 12.2. The second kappa shape index (κ2) is 17.9. The Kier molecular flexibility index (Phi) is 14.6. The standard InChI is InChI=1S/C42H66N4/c1-28(2)34-23-37(30(5)6)41(38(24-34)31(7)8)44-19-15-21-46(27-36-17-13-14-18-43-36)22-16-20-45-42-39(32(9)10)25-35(29(3)4)26-40(42)33(11)12/h13-14,17-18,23-26,28-33,44-45H,15-16,19-22,27H2,1-12H3. The molecule has 0 fully saturated rings. The topological polar surface area (TPSA) is 40.2 Å². The average Bonchev–Trinajstić information content (AvgIpc) is 3.00. The third-order valence-electron chi connectivity index (χ3n) is 9.28. The molecule has 0 spiro atoms. The molecule has 0 aliphatic heterocycles. The molecule has 0 saturated carbocycles. The number of rotatable bonds is 18. The fraction of sp³-hybridized carbons (Fsp3) is 0.595. The van der Waals surface area contributed by atoms with E-state index in [1.54, 1.807) is 0 Å². The van der Waals surface area contributed by atoms with Gasteiger partial charge in [0.25, 0.3) is 0 Å². The van der Waals surface area contributed by atoms with Crippen LogP contribution < -0.4 is 10.6 Å². The van der Waals surface area contributed by atoms with Crippen LogP contribution in [0.4, 0.5) is 11.4 Å². The summed E-state index contributed by atoms with van der Waals surface area (Å²) < 4.78 is 0. The second-order valence-corrected chi connectivity index (χ2v) is 15.2. The van der Waals surface area contributed by atoms with Crippen molar-refractivity contribution in [1.82, 2.24) is 9.88 Å². The van der Waals surface area contributed by atoms with E-state index in [0.29, 0.717) is 35.5 Å². The first-order valence-corrected chi connectivity index (χ1v) is 18.2. The lowest BCUT2D eigenvalue weighted by Gasteiger charge is -2.26. The van der Waals surface area contributed by atoms with Crippen LogP contribution in [0.3, 0.4) is 0 Å². The van der Waals surface area contributed by atoms with E-state index in [9.17, 15) is 0 Å². The molecule has 2 N–H and O–H groups in total. The largest absolute Gasteiger partial charge is 0.385 e. The van der Waals surface area contributed by atoms with E-state index in [4.69, 9.17) is 0 Å². The van der Waals surface area contributed by atoms with Gasteiger partial charge in [0.15, 0.2) is 0 Å². The van der Waals surface area contributed by atoms with E-state index in [2.05, 4.69) is 140 Å². The summed E-state index contributed by atoms with van der Waals surface area (Å²) in [6.45, 7) is 32.7. The Morgan fingerprint density at radius 3 is 1.24 bits per heavy atom. The highest BCUT2D eigenvalue weighted by molar-refractivity contribution is 5.63. The van der Waals surface area contributed by atoms with Crippen LogP contribution in [0.25, 0.3) is 0 Å². The first-order chi connectivity index (χ1) is 21.8. The van der Waals surface area contributed by atoms with Crippen LogP contribution >= 0.6 is 0 Å². The fourth-order valence-corrected chi connectivity index (χ4v) is 6.34. The predicted molar refractivity (Wildman–Crippen MR) is 203 cm³/mol. The van der Waals surface area contributed by atoms with Gasteiger partial charge in [-0.2, -0.15) is 0 Å². The Morgan fingerprint density at radius 2 is 0.935 bits per heavy atom. The number of hydrogen-bond donors (Lipinski definition) is 2. The number of pyridine rings is 1. The van der Waals surface area contributed by atoms with Gasteiger partial charge < -0.3 is 10.6 Å². The molecule has 0 amide bonds. The molecule has 3 rings (SSSR count). The molecule has 4 nitrogen and oxygen atoms in total. The molecule has 3 aromatic rings. The van der Waals surface area contributed by atoms with Gasteiger partial charge in [0.1, 0.15) is 0 Å². The lowest BCUT2D eigenvalue weighted by molar-refractivity contribution is 0.260. The van der Waals surface area contributed by atoms with Crippen molar-refractivity contribution in [2.45, 2.75) is 138 Å². The zero-order valence-corrected chi connectivity index (χ0v) is 31.4. The Bertz CT molecular complexity index is 1200. The first-order valence-electron chi connectivity index (χ1n) is 18.2. The molecule has 0 bridgehead atoms. The van der Waals surface area contributed by atoms with Gasteiger partial charge >= 0.3 is 0 Å². The number of anilines is 2. The third kappa shape index (κ3) is 10.6. The smallest absolute Gasteiger partial charge is 0.0543 e. The molecule has 1 aromatic heterocycles. The minimum atomic E-state index is 0.487. The van der Waals surface area contributed by atoms with Crippen LogP contribution in [0.2, 0.25) is 0 Å². The molecule has 46 heavy (non-hydrogen) atoms. The zero-order valence-electron chi connectivity index (χ0n) is 31.4. The molecule has 0 aliphatic rings. The maximum absolute atomic E-state index is 4.67. The van der Waals surface area contributed by atoms with Crippen molar-refractivity contribution in [2.24, 2.45) is 0 Å². The summed E-state index contributed by atoms with van der Waals surface area (Å²) in [5.41, 5.74) is 12.6. The summed E-state index contributed by atoms with van der Waals surface area (Å²) in [4.78, 5) is 7.26. The first kappa shape index (κ1) is 37.6. The molecule has 0 unspecified atom stereocenters. The van der Waals surface area contributed by atoms with Crippen molar-refractivity contribution in [2.75, 3.05) is 36.8 Å². The van der Waals surface area contributed by atoms with Crippen LogP contribution in [-0.4, -0.2) is 36.1 Å². The number of benzene rings is 2. The summed E-state index contributed by atoms with van der Waals surface area (Å²) in [7, 11) is 0. The van der Waals surface area contributed by atoms with Crippen molar-refractivity contribution in [3.05, 3.63) is 87.7 Å². The van der Waals surface area contributed by atoms with Crippen molar-refractivity contribution >= 4 is 11.4 Å². The molecule has 0 saturated heterocycles. The molecule has 254 valence electrons. The van der Waals surface area contributed by atoms with Gasteiger partial charge in [0.2, 0.25) is 0 Å². The second-order valence-electron chi connectivity index (χ2n) is 15.2. The predicted octanol–water partition coefficient (Wildman–Crippen LogP) is 11.6. The summed E-state index contributed by atoms with van der Waals surface area (Å²) >= 11 is 0. The quantitative estimate of drug-likeness (QED) is 0.138. The van der Waals surface area contributed by atoms with Gasteiger partial charge in [0, 0.05) is 50.3 Å². The van der Waals surface area contributed by atoms with Crippen molar-refractivity contribution in [1.29, 1.82) is 0 Å². The van der Waals surface area contributed by atoms with Crippen LogP contribution in [0.5, 0.6) is 0 Å². The Labute approximate surface area is 283 Å². The van der Waals surface area contributed by atoms with E-state index in [1.807, 2.05) is 12.3 Å². The van der Waals surface area contributed by atoms with E-state index in [1.165, 1.54) is 44.8 Å².